The van der Waals surface area contributed by atoms with Gasteiger partial charge in [0.05, 0.1) is 4.90 Å². The van der Waals surface area contributed by atoms with E-state index in [1.807, 2.05) is 33.8 Å². The number of benzene rings is 1. The van der Waals surface area contributed by atoms with Gasteiger partial charge in [-0.05, 0) is 37.6 Å². The van der Waals surface area contributed by atoms with E-state index in [1.165, 1.54) is 4.31 Å². The summed E-state index contributed by atoms with van der Waals surface area (Å²) in [7, 11) is -3.48. The van der Waals surface area contributed by atoms with Crippen LogP contribution in [0.5, 0.6) is 0 Å². The zero-order chi connectivity index (χ0) is 16.0. The third-order valence-electron chi connectivity index (χ3n) is 3.38. The third kappa shape index (κ3) is 4.40. The molecule has 0 atom stereocenters. The van der Waals surface area contributed by atoms with E-state index in [-0.39, 0.29) is 0 Å². The lowest BCUT2D eigenvalue weighted by Crippen LogP contribution is -2.33. The maximum atomic E-state index is 12.8. The van der Waals surface area contributed by atoms with Crippen LogP contribution in [-0.2, 0) is 16.6 Å². The molecule has 118 valence electrons. The third-order valence-corrected chi connectivity index (χ3v) is 5.44. The second-order valence-corrected chi connectivity index (χ2v) is 7.12. The molecular formula is C16H26N2O2S. The highest BCUT2D eigenvalue weighted by Crippen LogP contribution is 2.23. The van der Waals surface area contributed by atoms with Gasteiger partial charge in [-0.15, -0.1) is 0 Å². The van der Waals surface area contributed by atoms with E-state index >= 15 is 0 Å². The predicted octanol–water partition coefficient (Wildman–Crippen LogP) is 2.69. The predicted molar refractivity (Wildman–Crippen MR) is 87.8 cm³/mol. The van der Waals surface area contributed by atoms with Crippen molar-refractivity contribution >= 4 is 10.0 Å². The fraction of sp³-hybridized carbons (Fsp3) is 0.500. The van der Waals surface area contributed by atoms with E-state index in [4.69, 9.17) is 0 Å². The van der Waals surface area contributed by atoms with Crippen LogP contribution in [0, 0.1) is 6.92 Å². The van der Waals surface area contributed by atoms with Crippen molar-refractivity contribution in [1.29, 1.82) is 0 Å². The van der Waals surface area contributed by atoms with E-state index in [1.54, 1.807) is 12.1 Å². The molecule has 0 aliphatic carbocycles. The van der Waals surface area contributed by atoms with E-state index in [2.05, 4.69) is 11.9 Å². The van der Waals surface area contributed by atoms with Crippen molar-refractivity contribution in [3.63, 3.8) is 0 Å². The van der Waals surface area contributed by atoms with Gasteiger partial charge in [-0.1, -0.05) is 38.1 Å². The van der Waals surface area contributed by atoms with Crippen molar-refractivity contribution in [3.8, 4) is 0 Å². The number of hydrogen-bond acceptors (Lipinski definition) is 3. The zero-order valence-corrected chi connectivity index (χ0v) is 14.3. The summed E-state index contributed by atoms with van der Waals surface area (Å²) in [5.41, 5.74) is 2.67. The Morgan fingerprint density at radius 2 is 2.00 bits per heavy atom. The first-order chi connectivity index (χ1) is 9.84. The molecule has 0 saturated carbocycles. The van der Waals surface area contributed by atoms with Crippen molar-refractivity contribution in [2.45, 2.75) is 39.1 Å². The van der Waals surface area contributed by atoms with Gasteiger partial charge in [0.2, 0.25) is 10.0 Å². The number of rotatable bonds is 8. The van der Waals surface area contributed by atoms with Crippen molar-refractivity contribution in [2.24, 2.45) is 0 Å². The SMILES string of the molecule is C=C(C)CN(CC)S(=O)(=O)c1cccc(CNCC)c1C. The summed E-state index contributed by atoms with van der Waals surface area (Å²) in [5, 5.41) is 3.24. The molecule has 0 saturated heterocycles. The van der Waals surface area contributed by atoms with E-state index in [0.29, 0.717) is 24.5 Å². The number of nitrogens with zero attached hydrogens (tertiary/aromatic N) is 1. The Labute approximate surface area is 128 Å². The first kappa shape index (κ1) is 17.9. The normalized spacial score (nSPS) is 11.9. The molecule has 0 aliphatic rings. The Morgan fingerprint density at radius 3 is 2.52 bits per heavy atom. The first-order valence-corrected chi connectivity index (χ1v) is 8.72. The Kier molecular flexibility index (Phi) is 6.58. The minimum Gasteiger partial charge on any atom is -0.313 e. The molecule has 0 fully saturated rings. The Hall–Kier alpha value is -1.17. The van der Waals surface area contributed by atoms with Crippen LogP contribution in [0.15, 0.2) is 35.2 Å². The molecule has 0 aliphatic heterocycles. The van der Waals surface area contributed by atoms with Crippen LogP contribution in [-0.4, -0.2) is 32.4 Å². The number of nitrogens with one attached hydrogen (secondary N) is 1. The highest BCUT2D eigenvalue weighted by molar-refractivity contribution is 7.89. The van der Waals surface area contributed by atoms with Crippen LogP contribution < -0.4 is 5.32 Å². The lowest BCUT2D eigenvalue weighted by atomic mass is 10.1. The van der Waals surface area contributed by atoms with Crippen LogP contribution in [0.25, 0.3) is 0 Å². The fourth-order valence-corrected chi connectivity index (χ4v) is 3.97. The summed E-state index contributed by atoms with van der Waals surface area (Å²) < 4.78 is 27.1. The van der Waals surface area contributed by atoms with Gasteiger partial charge in [0, 0.05) is 19.6 Å². The van der Waals surface area contributed by atoms with Gasteiger partial charge in [0.25, 0.3) is 0 Å². The van der Waals surface area contributed by atoms with E-state index in [9.17, 15) is 8.42 Å². The summed E-state index contributed by atoms with van der Waals surface area (Å²) in [4.78, 5) is 0.390. The Bertz CT molecular complexity index is 594. The molecule has 1 N–H and O–H groups in total. The van der Waals surface area contributed by atoms with Crippen LogP contribution in [0.4, 0.5) is 0 Å². The van der Waals surface area contributed by atoms with Gasteiger partial charge in [-0.3, -0.25) is 0 Å². The summed E-state index contributed by atoms with van der Waals surface area (Å²) in [6.07, 6.45) is 0. The molecule has 0 unspecified atom stereocenters. The van der Waals surface area contributed by atoms with Gasteiger partial charge in [0.15, 0.2) is 0 Å². The highest BCUT2D eigenvalue weighted by Gasteiger charge is 2.25. The first-order valence-electron chi connectivity index (χ1n) is 7.28. The zero-order valence-electron chi connectivity index (χ0n) is 13.4. The summed E-state index contributed by atoms with van der Waals surface area (Å²) in [6.45, 7) is 13.7. The fourth-order valence-electron chi connectivity index (χ4n) is 2.20. The van der Waals surface area contributed by atoms with Gasteiger partial charge in [0.1, 0.15) is 0 Å². The Balaban J connectivity index is 3.21. The summed E-state index contributed by atoms with van der Waals surface area (Å²) in [6, 6.07) is 5.45. The standard InChI is InChI=1S/C16H26N2O2S/c1-6-17-11-15-9-8-10-16(14(15)5)21(19,20)18(7-2)12-13(3)4/h8-10,17H,3,6-7,11-12H2,1-2,4-5H3. The molecule has 0 radical (unpaired) electrons. The average Bonchev–Trinajstić information content (AvgIpc) is 2.43. The van der Waals surface area contributed by atoms with Gasteiger partial charge in [-0.2, -0.15) is 4.31 Å². The van der Waals surface area contributed by atoms with Crippen LogP contribution in [0.2, 0.25) is 0 Å². The largest absolute Gasteiger partial charge is 0.313 e. The van der Waals surface area contributed by atoms with Crippen molar-refractivity contribution < 1.29 is 8.42 Å². The molecule has 0 heterocycles. The van der Waals surface area contributed by atoms with E-state index in [0.717, 1.165) is 23.2 Å². The van der Waals surface area contributed by atoms with Gasteiger partial charge >= 0.3 is 0 Å². The van der Waals surface area contributed by atoms with Crippen LogP contribution >= 0.6 is 0 Å². The molecule has 0 amide bonds. The monoisotopic (exact) mass is 310 g/mol. The number of sulfonamides is 1. The summed E-state index contributed by atoms with van der Waals surface area (Å²) >= 11 is 0. The molecule has 4 nitrogen and oxygen atoms in total. The van der Waals surface area contributed by atoms with Crippen molar-refractivity contribution in [1.82, 2.24) is 9.62 Å². The molecule has 0 bridgehead atoms. The highest BCUT2D eigenvalue weighted by atomic mass is 32.2. The summed E-state index contributed by atoms with van der Waals surface area (Å²) in [5.74, 6) is 0. The number of hydrogen-bond donors (Lipinski definition) is 1. The molecule has 1 aromatic rings. The van der Waals surface area contributed by atoms with E-state index < -0.39 is 10.0 Å². The minimum absolute atomic E-state index is 0.357. The quantitative estimate of drug-likeness (QED) is 0.751. The minimum atomic E-state index is -3.48. The molecule has 1 rings (SSSR count). The molecule has 21 heavy (non-hydrogen) atoms. The second kappa shape index (κ2) is 7.73. The lowest BCUT2D eigenvalue weighted by Gasteiger charge is -2.22. The number of likely N-dealkylation sites (N-methyl/N-ethyl adjacent to an activating group) is 1. The maximum Gasteiger partial charge on any atom is 0.243 e. The van der Waals surface area contributed by atoms with Crippen LogP contribution in [0.3, 0.4) is 0 Å². The second-order valence-electron chi connectivity index (χ2n) is 5.21. The van der Waals surface area contributed by atoms with Gasteiger partial charge in [-0.25, -0.2) is 8.42 Å². The average molecular weight is 310 g/mol. The molecule has 0 aromatic heterocycles. The molecule has 1 aromatic carbocycles. The molecule has 0 spiro atoms. The molecular weight excluding hydrogens is 284 g/mol. The van der Waals surface area contributed by atoms with Crippen LogP contribution in [0.1, 0.15) is 31.9 Å². The lowest BCUT2D eigenvalue weighted by molar-refractivity contribution is 0.452. The van der Waals surface area contributed by atoms with Gasteiger partial charge < -0.3 is 5.32 Å². The Morgan fingerprint density at radius 1 is 1.33 bits per heavy atom. The maximum absolute atomic E-state index is 12.8. The topological polar surface area (TPSA) is 49.4 Å². The molecule has 5 heteroatoms. The van der Waals surface area contributed by atoms with Crippen molar-refractivity contribution in [3.05, 3.63) is 41.5 Å². The smallest absolute Gasteiger partial charge is 0.243 e. The van der Waals surface area contributed by atoms with Crippen molar-refractivity contribution in [2.75, 3.05) is 19.6 Å².